The van der Waals surface area contributed by atoms with Gasteiger partial charge >= 0.3 is 0 Å². The van der Waals surface area contributed by atoms with Gasteiger partial charge in [0, 0.05) is 25.5 Å². The third kappa shape index (κ3) is 3.24. The molecular formula is C12H17N3O3S. The van der Waals surface area contributed by atoms with Crippen molar-refractivity contribution >= 4 is 10.0 Å². The Morgan fingerprint density at radius 2 is 2.00 bits per heavy atom. The standard InChI is InChI=1S/C12H17N3O3S/c1-10-12(11(2)18-14-10)19(16,17)13-6-5-9-15-7-3-4-8-15/h3-4,7-8,13H,5-6,9H2,1-2H3. The third-order valence-electron chi connectivity index (χ3n) is 2.79. The van der Waals surface area contributed by atoms with Crippen molar-refractivity contribution in [2.75, 3.05) is 6.54 Å². The summed E-state index contributed by atoms with van der Waals surface area (Å²) in [6.07, 6.45) is 4.61. The van der Waals surface area contributed by atoms with Gasteiger partial charge in [-0.15, -0.1) is 0 Å². The fourth-order valence-corrected chi connectivity index (χ4v) is 3.32. The maximum absolute atomic E-state index is 12.1. The van der Waals surface area contributed by atoms with E-state index in [2.05, 4.69) is 9.88 Å². The maximum atomic E-state index is 12.1. The molecule has 0 aromatic carbocycles. The minimum Gasteiger partial charge on any atom is -0.360 e. The highest BCUT2D eigenvalue weighted by molar-refractivity contribution is 7.89. The van der Waals surface area contributed by atoms with Crippen LogP contribution in [0.2, 0.25) is 0 Å². The molecule has 2 aromatic heterocycles. The van der Waals surface area contributed by atoms with Crippen LogP contribution in [0.25, 0.3) is 0 Å². The van der Waals surface area contributed by atoms with Gasteiger partial charge in [0.15, 0.2) is 5.76 Å². The molecule has 19 heavy (non-hydrogen) atoms. The second-order valence-electron chi connectivity index (χ2n) is 4.33. The molecule has 0 bridgehead atoms. The molecule has 0 aliphatic heterocycles. The normalized spacial score (nSPS) is 11.9. The van der Waals surface area contributed by atoms with Gasteiger partial charge in [-0.1, -0.05) is 5.16 Å². The number of hydrogen-bond acceptors (Lipinski definition) is 4. The second kappa shape index (κ2) is 5.58. The van der Waals surface area contributed by atoms with Crippen molar-refractivity contribution in [3.05, 3.63) is 36.0 Å². The van der Waals surface area contributed by atoms with Crippen LogP contribution < -0.4 is 4.72 Å². The van der Waals surface area contributed by atoms with Gasteiger partial charge in [-0.3, -0.25) is 0 Å². The Balaban J connectivity index is 1.92. The number of sulfonamides is 1. The lowest BCUT2D eigenvalue weighted by Gasteiger charge is -2.06. The molecule has 7 heteroatoms. The van der Waals surface area contributed by atoms with E-state index in [1.54, 1.807) is 13.8 Å². The quantitative estimate of drug-likeness (QED) is 0.814. The van der Waals surface area contributed by atoms with Crippen LogP contribution in [-0.2, 0) is 16.6 Å². The fourth-order valence-electron chi connectivity index (χ4n) is 1.92. The average molecular weight is 283 g/mol. The highest BCUT2D eigenvalue weighted by atomic mass is 32.2. The molecule has 2 rings (SSSR count). The van der Waals surface area contributed by atoms with Gasteiger partial charge in [-0.2, -0.15) is 0 Å². The Morgan fingerprint density at radius 1 is 1.32 bits per heavy atom. The molecule has 2 aromatic rings. The van der Waals surface area contributed by atoms with E-state index < -0.39 is 10.0 Å². The lowest BCUT2D eigenvalue weighted by Crippen LogP contribution is -2.26. The number of aryl methyl sites for hydroxylation is 3. The van der Waals surface area contributed by atoms with Gasteiger partial charge in [-0.25, -0.2) is 13.1 Å². The predicted molar refractivity (Wildman–Crippen MR) is 70.2 cm³/mol. The molecule has 0 amide bonds. The zero-order valence-electron chi connectivity index (χ0n) is 11.0. The first-order valence-electron chi connectivity index (χ1n) is 6.04. The van der Waals surface area contributed by atoms with Crippen LogP contribution in [0.5, 0.6) is 0 Å². The molecule has 0 spiro atoms. The van der Waals surface area contributed by atoms with Gasteiger partial charge in [-0.05, 0) is 32.4 Å². The number of nitrogens with zero attached hydrogens (tertiary/aromatic N) is 2. The van der Waals surface area contributed by atoms with Crippen molar-refractivity contribution in [2.45, 2.75) is 31.7 Å². The molecule has 0 saturated heterocycles. The van der Waals surface area contributed by atoms with Gasteiger partial charge in [0.05, 0.1) is 0 Å². The Labute approximate surface area is 112 Å². The largest absolute Gasteiger partial charge is 0.360 e. The number of aromatic nitrogens is 2. The van der Waals surface area contributed by atoms with Crippen molar-refractivity contribution < 1.29 is 12.9 Å². The predicted octanol–water partition coefficient (Wildman–Crippen LogP) is 1.46. The van der Waals surface area contributed by atoms with Crippen molar-refractivity contribution in [2.24, 2.45) is 0 Å². The molecule has 1 N–H and O–H groups in total. The molecule has 0 atom stereocenters. The van der Waals surface area contributed by atoms with Crippen molar-refractivity contribution in [3.63, 3.8) is 0 Å². The highest BCUT2D eigenvalue weighted by Crippen LogP contribution is 2.18. The first-order chi connectivity index (χ1) is 9.00. The maximum Gasteiger partial charge on any atom is 0.245 e. The van der Waals surface area contributed by atoms with Crippen LogP contribution in [0.4, 0.5) is 0 Å². The fraction of sp³-hybridized carbons (Fsp3) is 0.417. The Kier molecular flexibility index (Phi) is 4.06. The summed E-state index contributed by atoms with van der Waals surface area (Å²) < 4.78 is 33.6. The van der Waals surface area contributed by atoms with E-state index in [1.165, 1.54) is 0 Å². The summed E-state index contributed by atoms with van der Waals surface area (Å²) in [5, 5.41) is 3.65. The van der Waals surface area contributed by atoms with E-state index >= 15 is 0 Å². The third-order valence-corrected chi connectivity index (χ3v) is 4.49. The van der Waals surface area contributed by atoms with E-state index in [1.807, 2.05) is 29.1 Å². The lowest BCUT2D eigenvalue weighted by molar-refractivity contribution is 0.390. The first-order valence-corrected chi connectivity index (χ1v) is 7.52. The SMILES string of the molecule is Cc1noc(C)c1S(=O)(=O)NCCCn1cccc1. The van der Waals surface area contributed by atoms with E-state index in [4.69, 9.17) is 4.52 Å². The molecule has 0 unspecified atom stereocenters. The minimum atomic E-state index is -3.53. The van der Waals surface area contributed by atoms with Crippen molar-refractivity contribution in [1.82, 2.24) is 14.4 Å². The topological polar surface area (TPSA) is 77.1 Å². The smallest absolute Gasteiger partial charge is 0.245 e. The molecule has 104 valence electrons. The van der Waals surface area contributed by atoms with Gasteiger partial charge in [0.1, 0.15) is 10.6 Å². The number of rotatable bonds is 6. The zero-order chi connectivity index (χ0) is 13.9. The monoisotopic (exact) mass is 283 g/mol. The summed E-state index contributed by atoms with van der Waals surface area (Å²) in [5.74, 6) is 0.315. The van der Waals surface area contributed by atoms with E-state index in [-0.39, 0.29) is 4.90 Å². The Hall–Kier alpha value is -1.60. The Bertz CT molecular complexity index is 610. The molecule has 2 heterocycles. The first kappa shape index (κ1) is 13.8. The highest BCUT2D eigenvalue weighted by Gasteiger charge is 2.23. The number of nitrogens with one attached hydrogen (secondary N) is 1. The van der Waals surface area contributed by atoms with Gasteiger partial charge < -0.3 is 9.09 Å². The molecule has 0 radical (unpaired) electrons. The molecule has 0 aliphatic rings. The van der Waals surface area contributed by atoms with Crippen LogP contribution in [0.1, 0.15) is 17.9 Å². The second-order valence-corrected chi connectivity index (χ2v) is 6.03. The van der Waals surface area contributed by atoms with E-state index in [9.17, 15) is 8.42 Å². The average Bonchev–Trinajstić information content (AvgIpc) is 2.95. The van der Waals surface area contributed by atoms with Gasteiger partial charge in [0.2, 0.25) is 10.0 Å². The summed E-state index contributed by atoms with van der Waals surface area (Å²) in [6, 6.07) is 3.88. The Morgan fingerprint density at radius 3 is 2.58 bits per heavy atom. The summed E-state index contributed by atoms with van der Waals surface area (Å²) in [6.45, 7) is 4.36. The number of hydrogen-bond donors (Lipinski definition) is 1. The minimum absolute atomic E-state index is 0.147. The molecule has 0 aliphatic carbocycles. The lowest BCUT2D eigenvalue weighted by atomic mass is 10.4. The van der Waals surface area contributed by atoms with Crippen LogP contribution in [0.15, 0.2) is 33.9 Å². The van der Waals surface area contributed by atoms with Crippen LogP contribution in [0.3, 0.4) is 0 Å². The molecule has 0 saturated carbocycles. The van der Waals surface area contributed by atoms with Gasteiger partial charge in [0.25, 0.3) is 0 Å². The summed E-state index contributed by atoms with van der Waals surface area (Å²) in [5.41, 5.74) is 0.385. The summed E-state index contributed by atoms with van der Waals surface area (Å²) in [7, 11) is -3.53. The van der Waals surface area contributed by atoms with Crippen molar-refractivity contribution in [1.29, 1.82) is 0 Å². The summed E-state index contributed by atoms with van der Waals surface area (Å²) in [4.78, 5) is 0.147. The van der Waals surface area contributed by atoms with Crippen LogP contribution in [0, 0.1) is 13.8 Å². The van der Waals surface area contributed by atoms with E-state index in [0.717, 1.165) is 13.0 Å². The van der Waals surface area contributed by atoms with E-state index in [0.29, 0.717) is 18.0 Å². The molecule has 0 fully saturated rings. The van der Waals surface area contributed by atoms with Crippen molar-refractivity contribution in [3.8, 4) is 0 Å². The van der Waals surface area contributed by atoms with Crippen LogP contribution >= 0.6 is 0 Å². The molecular weight excluding hydrogens is 266 g/mol. The zero-order valence-corrected chi connectivity index (χ0v) is 11.8. The van der Waals surface area contributed by atoms with Crippen LogP contribution in [-0.4, -0.2) is 24.7 Å². The molecule has 6 nitrogen and oxygen atoms in total. The summed E-state index contributed by atoms with van der Waals surface area (Å²) >= 11 is 0.